The van der Waals surface area contributed by atoms with E-state index in [0.717, 1.165) is 22.9 Å². The lowest BCUT2D eigenvalue weighted by Gasteiger charge is -2.07. The molecule has 0 radical (unpaired) electrons. The zero-order valence-electron chi connectivity index (χ0n) is 12.4. The molecule has 3 rings (SSSR count). The number of nitrogens with zero attached hydrogens (tertiary/aromatic N) is 3. The molecule has 0 bridgehead atoms. The van der Waals surface area contributed by atoms with Crippen molar-refractivity contribution >= 4 is 22.0 Å². The third kappa shape index (κ3) is 2.85. The van der Waals surface area contributed by atoms with Crippen LogP contribution in [0, 0.1) is 13.8 Å². The summed E-state index contributed by atoms with van der Waals surface area (Å²) in [6, 6.07) is 3.85. The van der Waals surface area contributed by atoms with Gasteiger partial charge in [-0.1, -0.05) is 0 Å². The van der Waals surface area contributed by atoms with Crippen molar-refractivity contribution in [2.75, 3.05) is 11.9 Å². The Kier molecular flexibility index (Phi) is 3.79. The molecule has 3 heterocycles. The minimum Gasteiger partial charge on any atom is -0.478 e. The van der Waals surface area contributed by atoms with E-state index in [4.69, 9.17) is 4.74 Å². The van der Waals surface area contributed by atoms with Crippen LogP contribution in [0.2, 0.25) is 0 Å². The van der Waals surface area contributed by atoms with Crippen molar-refractivity contribution in [3.63, 3.8) is 0 Å². The smallest absolute Gasteiger partial charge is 0.213 e. The van der Waals surface area contributed by atoms with Gasteiger partial charge in [-0.15, -0.1) is 11.3 Å². The van der Waals surface area contributed by atoms with E-state index in [2.05, 4.69) is 32.8 Å². The maximum atomic E-state index is 5.34. The first-order valence-electron chi connectivity index (χ1n) is 6.94. The zero-order valence-corrected chi connectivity index (χ0v) is 13.2. The summed E-state index contributed by atoms with van der Waals surface area (Å²) in [5, 5.41) is 3.38. The Bertz CT molecular complexity index is 745. The number of pyridine rings is 1. The lowest BCUT2D eigenvalue weighted by molar-refractivity contribution is 0.327. The molecule has 0 amide bonds. The van der Waals surface area contributed by atoms with Crippen molar-refractivity contribution in [3.8, 4) is 5.88 Å². The molecule has 6 heteroatoms. The Morgan fingerprint density at radius 3 is 2.90 bits per heavy atom. The van der Waals surface area contributed by atoms with Crippen molar-refractivity contribution in [1.82, 2.24) is 14.4 Å². The van der Waals surface area contributed by atoms with E-state index in [1.54, 1.807) is 17.5 Å². The van der Waals surface area contributed by atoms with Crippen LogP contribution in [0.15, 0.2) is 24.5 Å². The average Bonchev–Trinajstić information content (AvgIpc) is 2.94. The summed E-state index contributed by atoms with van der Waals surface area (Å²) in [6.45, 7) is 7.44. The summed E-state index contributed by atoms with van der Waals surface area (Å²) in [7, 11) is 0. The van der Waals surface area contributed by atoms with E-state index in [1.165, 1.54) is 10.6 Å². The maximum Gasteiger partial charge on any atom is 0.213 e. The lowest BCUT2D eigenvalue weighted by atomic mass is 10.3. The number of aromatic nitrogens is 3. The number of thiazole rings is 1. The monoisotopic (exact) mass is 302 g/mol. The first-order chi connectivity index (χ1) is 10.2. The van der Waals surface area contributed by atoms with Crippen LogP contribution in [0.5, 0.6) is 5.88 Å². The summed E-state index contributed by atoms with van der Waals surface area (Å²) >= 11 is 1.71. The second kappa shape index (κ2) is 5.73. The third-order valence-corrected chi connectivity index (χ3v) is 4.13. The molecule has 0 fully saturated rings. The molecule has 0 saturated heterocycles. The van der Waals surface area contributed by atoms with Gasteiger partial charge in [0.1, 0.15) is 0 Å². The van der Waals surface area contributed by atoms with Gasteiger partial charge in [-0.3, -0.25) is 4.40 Å². The van der Waals surface area contributed by atoms with Gasteiger partial charge in [-0.25, -0.2) is 9.97 Å². The number of hydrogen-bond acceptors (Lipinski definition) is 5. The highest BCUT2D eigenvalue weighted by Crippen LogP contribution is 2.21. The molecule has 0 aliphatic rings. The van der Waals surface area contributed by atoms with E-state index in [9.17, 15) is 0 Å². The summed E-state index contributed by atoms with van der Waals surface area (Å²) in [5.74, 6) is 0.652. The van der Waals surface area contributed by atoms with Crippen LogP contribution in [0.1, 0.15) is 23.2 Å². The minimum absolute atomic E-state index is 0.629. The Labute approximate surface area is 127 Å². The molecule has 0 aromatic carbocycles. The van der Waals surface area contributed by atoms with Gasteiger partial charge in [0.05, 0.1) is 36.4 Å². The molecule has 0 saturated carbocycles. The summed E-state index contributed by atoms with van der Waals surface area (Å²) in [5.41, 5.74) is 3.22. The largest absolute Gasteiger partial charge is 0.478 e. The maximum absolute atomic E-state index is 5.34. The lowest BCUT2D eigenvalue weighted by Crippen LogP contribution is -2.04. The van der Waals surface area contributed by atoms with Gasteiger partial charge in [0.2, 0.25) is 5.88 Å². The molecule has 21 heavy (non-hydrogen) atoms. The normalized spacial score (nSPS) is 11.0. The highest BCUT2D eigenvalue weighted by molar-refractivity contribution is 7.17. The van der Waals surface area contributed by atoms with Crippen LogP contribution in [0.25, 0.3) is 4.96 Å². The first kappa shape index (κ1) is 13.9. The van der Waals surface area contributed by atoms with Crippen molar-refractivity contribution in [1.29, 1.82) is 0 Å². The molecule has 0 unspecified atom stereocenters. The van der Waals surface area contributed by atoms with Crippen molar-refractivity contribution < 1.29 is 4.74 Å². The molecule has 110 valence electrons. The number of nitrogens with one attached hydrogen (secondary N) is 1. The van der Waals surface area contributed by atoms with Crippen LogP contribution in [0.4, 0.5) is 5.69 Å². The first-order valence-corrected chi connectivity index (χ1v) is 7.75. The van der Waals surface area contributed by atoms with Crippen LogP contribution >= 0.6 is 11.3 Å². The average molecular weight is 302 g/mol. The van der Waals surface area contributed by atoms with Crippen LogP contribution in [-0.2, 0) is 6.54 Å². The molecule has 0 atom stereocenters. The fourth-order valence-corrected chi connectivity index (χ4v) is 3.12. The fraction of sp³-hybridized carbons (Fsp3) is 0.333. The second-order valence-electron chi connectivity index (χ2n) is 4.81. The quantitative estimate of drug-likeness (QED) is 0.784. The molecule has 0 aliphatic carbocycles. The van der Waals surface area contributed by atoms with E-state index < -0.39 is 0 Å². The Morgan fingerprint density at radius 2 is 2.19 bits per heavy atom. The van der Waals surface area contributed by atoms with Crippen molar-refractivity contribution in [3.05, 3.63) is 40.8 Å². The summed E-state index contributed by atoms with van der Waals surface area (Å²) in [4.78, 5) is 11.2. The second-order valence-corrected chi connectivity index (χ2v) is 6.02. The Morgan fingerprint density at radius 1 is 1.33 bits per heavy atom. The van der Waals surface area contributed by atoms with E-state index >= 15 is 0 Å². The van der Waals surface area contributed by atoms with Gasteiger partial charge in [-0.05, 0) is 26.8 Å². The zero-order chi connectivity index (χ0) is 14.8. The van der Waals surface area contributed by atoms with Crippen LogP contribution < -0.4 is 10.1 Å². The molecule has 3 aromatic rings. The van der Waals surface area contributed by atoms with Gasteiger partial charge in [0.15, 0.2) is 4.96 Å². The molecule has 0 aliphatic heterocycles. The SMILES string of the molecule is CCOc1ccc(NCc2c(C)nc3sc(C)cn23)cn1. The van der Waals surface area contributed by atoms with Crippen molar-refractivity contribution in [2.24, 2.45) is 0 Å². The standard InChI is InChI=1S/C15H18N4OS/c1-4-20-14-6-5-12(7-17-14)16-8-13-11(3)18-15-19(13)9-10(2)21-15/h5-7,9,16H,4,8H2,1-3H3. The van der Waals surface area contributed by atoms with Gasteiger partial charge in [0.25, 0.3) is 0 Å². The number of anilines is 1. The third-order valence-electron chi connectivity index (χ3n) is 3.23. The topological polar surface area (TPSA) is 51.5 Å². The molecule has 1 N–H and O–H groups in total. The van der Waals surface area contributed by atoms with Gasteiger partial charge in [-0.2, -0.15) is 0 Å². The fourth-order valence-electron chi connectivity index (χ4n) is 2.23. The predicted octanol–water partition coefficient (Wildman–Crippen LogP) is 3.42. The summed E-state index contributed by atoms with van der Waals surface area (Å²) < 4.78 is 7.50. The molecular formula is C15H18N4OS. The number of rotatable bonds is 5. The Hall–Kier alpha value is -2.08. The number of ether oxygens (including phenoxy) is 1. The number of hydrogen-bond donors (Lipinski definition) is 1. The molecule has 3 aromatic heterocycles. The van der Waals surface area contributed by atoms with Crippen molar-refractivity contribution in [2.45, 2.75) is 27.3 Å². The molecule has 0 spiro atoms. The highest BCUT2D eigenvalue weighted by atomic mass is 32.1. The Balaban J connectivity index is 1.75. The van der Waals surface area contributed by atoms with Gasteiger partial charge in [0, 0.05) is 17.1 Å². The number of aryl methyl sites for hydroxylation is 2. The van der Waals surface area contributed by atoms with Crippen LogP contribution in [0.3, 0.4) is 0 Å². The van der Waals surface area contributed by atoms with E-state index in [-0.39, 0.29) is 0 Å². The van der Waals surface area contributed by atoms with E-state index in [0.29, 0.717) is 12.5 Å². The molecule has 5 nitrogen and oxygen atoms in total. The van der Waals surface area contributed by atoms with Gasteiger partial charge < -0.3 is 10.1 Å². The summed E-state index contributed by atoms with van der Waals surface area (Å²) in [6.07, 6.45) is 3.92. The van der Waals surface area contributed by atoms with E-state index in [1.807, 2.05) is 26.0 Å². The number of fused-ring (bicyclic) bond motifs is 1. The number of imidazole rings is 1. The molecular weight excluding hydrogens is 284 g/mol. The highest BCUT2D eigenvalue weighted by Gasteiger charge is 2.10. The van der Waals surface area contributed by atoms with Crippen LogP contribution in [-0.4, -0.2) is 21.0 Å². The predicted molar refractivity (Wildman–Crippen MR) is 85.3 cm³/mol. The van der Waals surface area contributed by atoms with Gasteiger partial charge >= 0.3 is 0 Å². The minimum atomic E-state index is 0.629.